The molecule has 0 saturated heterocycles. The van der Waals surface area contributed by atoms with Gasteiger partial charge in [0.05, 0.1) is 17.2 Å². The summed E-state index contributed by atoms with van der Waals surface area (Å²) in [5.74, 6) is 0.726. The summed E-state index contributed by atoms with van der Waals surface area (Å²) >= 11 is 0. The summed E-state index contributed by atoms with van der Waals surface area (Å²) in [6.07, 6.45) is -3.27. The van der Waals surface area contributed by atoms with E-state index in [2.05, 4.69) is 5.32 Å². The smallest absolute Gasteiger partial charge is 0.326 e. The lowest BCUT2D eigenvalue weighted by molar-refractivity contribution is -0.137. The Morgan fingerprint density at radius 1 is 1.30 bits per heavy atom. The van der Waals surface area contributed by atoms with E-state index >= 15 is 0 Å². The number of anilines is 1. The zero-order valence-corrected chi connectivity index (χ0v) is 13.5. The van der Waals surface area contributed by atoms with Gasteiger partial charge >= 0.3 is 6.18 Å². The molecule has 1 amide bonds. The Bertz CT molecular complexity index is 601. The lowest BCUT2D eigenvalue weighted by Crippen LogP contribution is -2.14. The number of nitriles is 1. The minimum atomic E-state index is -4.66. The maximum absolute atomic E-state index is 12.8. The monoisotopic (exact) mass is 362 g/mol. The van der Waals surface area contributed by atoms with Crippen LogP contribution in [-0.2, 0) is 15.8 Å². The van der Waals surface area contributed by atoms with Crippen LogP contribution in [0.15, 0.2) is 18.2 Å². The van der Waals surface area contributed by atoms with Crippen molar-refractivity contribution >= 4 is 39.5 Å². The van der Waals surface area contributed by atoms with Gasteiger partial charge in [0.1, 0.15) is 6.29 Å². The SMILES string of the molecule is N#Cc1ccc(NC(=O)CCSSCCC=O)cc1C(F)(F)F. The fourth-order valence-corrected chi connectivity index (χ4v) is 3.47. The molecule has 4 nitrogen and oxygen atoms in total. The normalized spacial score (nSPS) is 10.9. The molecule has 0 radical (unpaired) electrons. The topological polar surface area (TPSA) is 70.0 Å². The van der Waals surface area contributed by atoms with Crippen LogP contribution >= 0.6 is 21.6 Å². The highest BCUT2D eigenvalue weighted by Crippen LogP contribution is 2.33. The Morgan fingerprint density at radius 2 is 2.00 bits per heavy atom. The summed E-state index contributed by atoms with van der Waals surface area (Å²) in [5.41, 5.74) is -1.56. The molecular weight excluding hydrogens is 349 g/mol. The minimum absolute atomic E-state index is 0.0000621. The Morgan fingerprint density at radius 3 is 2.61 bits per heavy atom. The molecule has 23 heavy (non-hydrogen) atoms. The Hall–Kier alpha value is -1.66. The number of alkyl halides is 3. The first-order valence-electron chi connectivity index (χ1n) is 6.47. The minimum Gasteiger partial charge on any atom is -0.326 e. The van der Waals surface area contributed by atoms with Gasteiger partial charge in [-0.1, -0.05) is 21.6 Å². The maximum atomic E-state index is 12.8. The predicted molar refractivity (Wildman–Crippen MR) is 85.0 cm³/mol. The summed E-state index contributed by atoms with van der Waals surface area (Å²) in [7, 11) is 2.88. The van der Waals surface area contributed by atoms with Gasteiger partial charge in [-0.25, -0.2) is 0 Å². The van der Waals surface area contributed by atoms with E-state index in [1.165, 1.54) is 33.7 Å². The quantitative estimate of drug-likeness (QED) is 0.432. The van der Waals surface area contributed by atoms with Gasteiger partial charge in [-0.15, -0.1) is 0 Å². The molecular formula is C14H13F3N2O2S2. The van der Waals surface area contributed by atoms with Crippen LogP contribution in [0.5, 0.6) is 0 Å². The summed E-state index contributed by atoms with van der Waals surface area (Å²) in [6.45, 7) is 0. The molecule has 0 aromatic heterocycles. The number of halogens is 3. The Balaban J connectivity index is 2.55. The largest absolute Gasteiger partial charge is 0.417 e. The van der Waals surface area contributed by atoms with E-state index in [0.717, 1.165) is 18.4 Å². The standard InChI is InChI=1S/C14H13F3N2O2S2/c15-14(16,17)12-8-11(3-2-10(12)9-18)19-13(21)4-7-23-22-6-1-5-20/h2-3,5,8H,1,4,6-7H2,(H,19,21). The van der Waals surface area contributed by atoms with Crippen molar-refractivity contribution in [3.8, 4) is 6.07 Å². The van der Waals surface area contributed by atoms with Gasteiger partial charge in [0.15, 0.2) is 0 Å². The van der Waals surface area contributed by atoms with Crippen molar-refractivity contribution in [2.24, 2.45) is 0 Å². The number of benzene rings is 1. The van der Waals surface area contributed by atoms with Gasteiger partial charge in [0.25, 0.3) is 0 Å². The fraction of sp³-hybridized carbons (Fsp3) is 0.357. The molecule has 0 aliphatic carbocycles. The first-order chi connectivity index (χ1) is 10.9. The molecule has 1 aromatic carbocycles. The molecule has 0 saturated carbocycles. The number of nitrogens with one attached hydrogen (secondary N) is 1. The molecule has 0 aliphatic heterocycles. The molecule has 1 aromatic rings. The van der Waals surface area contributed by atoms with Crippen LogP contribution in [0.25, 0.3) is 0 Å². The summed E-state index contributed by atoms with van der Waals surface area (Å²) in [4.78, 5) is 21.8. The van der Waals surface area contributed by atoms with Crippen LogP contribution in [0.2, 0.25) is 0 Å². The van der Waals surface area contributed by atoms with E-state index in [-0.39, 0.29) is 12.1 Å². The van der Waals surface area contributed by atoms with Crippen molar-refractivity contribution in [3.63, 3.8) is 0 Å². The van der Waals surface area contributed by atoms with Crippen molar-refractivity contribution in [1.82, 2.24) is 0 Å². The third-order valence-electron chi connectivity index (χ3n) is 2.54. The first kappa shape index (κ1) is 19.4. The molecule has 0 bridgehead atoms. The van der Waals surface area contributed by atoms with Crippen molar-refractivity contribution in [3.05, 3.63) is 29.3 Å². The molecule has 1 N–H and O–H groups in total. The van der Waals surface area contributed by atoms with Gasteiger partial charge in [0, 0.05) is 30.0 Å². The summed E-state index contributed by atoms with van der Waals surface area (Å²) in [6, 6.07) is 4.52. The molecule has 0 atom stereocenters. The second-order valence-corrected chi connectivity index (χ2v) is 6.97. The zero-order chi connectivity index (χ0) is 17.3. The molecule has 0 aliphatic rings. The number of carbonyl (C=O) groups is 2. The van der Waals surface area contributed by atoms with Crippen molar-refractivity contribution in [2.45, 2.75) is 19.0 Å². The number of carbonyl (C=O) groups excluding carboxylic acids is 2. The van der Waals surface area contributed by atoms with E-state index in [4.69, 9.17) is 5.26 Å². The lowest BCUT2D eigenvalue weighted by atomic mass is 10.1. The number of aldehydes is 1. The summed E-state index contributed by atoms with van der Waals surface area (Å²) < 4.78 is 38.4. The average molecular weight is 362 g/mol. The van der Waals surface area contributed by atoms with Crippen LogP contribution < -0.4 is 5.32 Å². The van der Waals surface area contributed by atoms with Gasteiger partial charge < -0.3 is 10.1 Å². The highest BCUT2D eigenvalue weighted by Gasteiger charge is 2.33. The fourth-order valence-electron chi connectivity index (χ4n) is 1.53. The van der Waals surface area contributed by atoms with E-state index in [1.54, 1.807) is 0 Å². The van der Waals surface area contributed by atoms with E-state index in [0.29, 0.717) is 17.9 Å². The first-order valence-corrected chi connectivity index (χ1v) is 8.96. The number of amides is 1. The number of hydrogen-bond acceptors (Lipinski definition) is 5. The van der Waals surface area contributed by atoms with E-state index in [1.807, 2.05) is 0 Å². The van der Waals surface area contributed by atoms with Crippen LogP contribution in [0.4, 0.5) is 18.9 Å². The van der Waals surface area contributed by atoms with Crippen LogP contribution in [0.1, 0.15) is 24.0 Å². The molecule has 124 valence electrons. The van der Waals surface area contributed by atoms with Crippen LogP contribution in [0.3, 0.4) is 0 Å². The lowest BCUT2D eigenvalue weighted by Gasteiger charge is -2.11. The number of rotatable bonds is 8. The number of hydrogen-bond donors (Lipinski definition) is 1. The van der Waals surface area contributed by atoms with Gasteiger partial charge in [-0.2, -0.15) is 18.4 Å². The third-order valence-corrected chi connectivity index (χ3v) is 4.98. The molecule has 0 unspecified atom stereocenters. The molecule has 0 heterocycles. The highest BCUT2D eigenvalue weighted by molar-refractivity contribution is 8.76. The molecule has 1 rings (SSSR count). The van der Waals surface area contributed by atoms with Crippen molar-refractivity contribution < 1.29 is 22.8 Å². The maximum Gasteiger partial charge on any atom is 0.417 e. The summed E-state index contributed by atoms with van der Waals surface area (Å²) in [5, 5.41) is 11.1. The third kappa shape index (κ3) is 6.97. The molecule has 9 heteroatoms. The van der Waals surface area contributed by atoms with Gasteiger partial charge in [-0.05, 0) is 18.2 Å². The van der Waals surface area contributed by atoms with Crippen molar-refractivity contribution in [1.29, 1.82) is 5.26 Å². The Kier molecular flexibility index (Phi) is 7.98. The predicted octanol–water partition coefficient (Wildman–Crippen LogP) is 3.88. The van der Waals surface area contributed by atoms with Gasteiger partial charge in [-0.3, -0.25) is 4.79 Å². The van der Waals surface area contributed by atoms with Crippen LogP contribution in [0, 0.1) is 11.3 Å². The highest BCUT2D eigenvalue weighted by atomic mass is 33.1. The van der Waals surface area contributed by atoms with Crippen molar-refractivity contribution in [2.75, 3.05) is 16.8 Å². The second kappa shape index (κ2) is 9.47. The zero-order valence-electron chi connectivity index (χ0n) is 11.9. The molecule has 0 spiro atoms. The average Bonchev–Trinajstić information content (AvgIpc) is 2.50. The van der Waals surface area contributed by atoms with E-state index in [9.17, 15) is 22.8 Å². The van der Waals surface area contributed by atoms with Gasteiger partial charge in [0.2, 0.25) is 5.91 Å². The molecule has 0 fully saturated rings. The van der Waals surface area contributed by atoms with E-state index < -0.39 is 23.2 Å². The van der Waals surface area contributed by atoms with Crippen LogP contribution in [-0.4, -0.2) is 23.7 Å². The number of nitrogens with zero attached hydrogens (tertiary/aromatic N) is 1. The Labute approximate surface area is 139 Å². The second-order valence-electron chi connectivity index (χ2n) is 4.27.